The number of halogens is 3. The number of benzene rings is 1. The van der Waals surface area contributed by atoms with E-state index in [4.69, 9.17) is 14.6 Å². The van der Waals surface area contributed by atoms with Gasteiger partial charge in [0.25, 0.3) is 0 Å². The average Bonchev–Trinajstić information content (AvgIpc) is 3.32. The smallest absolute Gasteiger partial charge is 0.490 e. The lowest BCUT2D eigenvalue weighted by Gasteiger charge is -2.46. The highest BCUT2D eigenvalue weighted by Gasteiger charge is 2.52. The molecule has 2 aromatic rings. The summed E-state index contributed by atoms with van der Waals surface area (Å²) in [6.07, 6.45) is 1.53. The number of alkyl halides is 3. The first-order valence-corrected chi connectivity index (χ1v) is 10.9. The standard InChI is InChI=1S/C21H28N4O2.C2HF3O2/c1-23-15-17(13-22-23)19-12-20(26)24(2)21(19)8-10-25(11-9-21)14-16-4-6-18(27-3)7-5-16;3-2(4,5)1(6)7/h4-7,13,15,19H,8-12,14H2,1-3H3;(H,6,7). The van der Waals surface area contributed by atoms with Crippen molar-refractivity contribution in [2.24, 2.45) is 7.05 Å². The van der Waals surface area contributed by atoms with E-state index in [1.807, 2.05) is 42.0 Å². The molecule has 3 heterocycles. The zero-order valence-corrected chi connectivity index (χ0v) is 19.4. The van der Waals surface area contributed by atoms with Gasteiger partial charge in [-0.15, -0.1) is 0 Å². The van der Waals surface area contributed by atoms with Crippen molar-refractivity contribution >= 4 is 11.9 Å². The molecule has 2 aliphatic heterocycles. The number of hydrogen-bond acceptors (Lipinski definition) is 5. The maximum Gasteiger partial charge on any atom is 0.490 e. The minimum atomic E-state index is -5.08. The molecule has 1 unspecified atom stereocenters. The maximum absolute atomic E-state index is 12.5. The molecule has 4 rings (SSSR count). The molecule has 0 radical (unpaired) electrons. The molecule has 34 heavy (non-hydrogen) atoms. The van der Waals surface area contributed by atoms with Crippen molar-refractivity contribution in [3.63, 3.8) is 0 Å². The van der Waals surface area contributed by atoms with Crippen LogP contribution in [0.1, 0.15) is 36.3 Å². The average molecular weight is 483 g/mol. The minimum Gasteiger partial charge on any atom is -0.497 e. The molecule has 8 nitrogen and oxygen atoms in total. The Morgan fingerprint density at radius 2 is 1.79 bits per heavy atom. The van der Waals surface area contributed by atoms with Crippen LogP contribution in [0, 0.1) is 0 Å². The summed E-state index contributed by atoms with van der Waals surface area (Å²) in [6.45, 7) is 2.94. The number of carbonyl (C=O) groups excluding carboxylic acids is 1. The first-order chi connectivity index (χ1) is 16.0. The van der Waals surface area contributed by atoms with E-state index >= 15 is 0 Å². The van der Waals surface area contributed by atoms with Crippen LogP contribution in [0.2, 0.25) is 0 Å². The Balaban J connectivity index is 0.000000406. The van der Waals surface area contributed by atoms with Gasteiger partial charge in [-0.25, -0.2) is 4.79 Å². The molecular formula is C23H29F3N4O4. The topological polar surface area (TPSA) is 87.9 Å². The number of aromatic nitrogens is 2. The zero-order valence-electron chi connectivity index (χ0n) is 19.4. The molecule has 1 aromatic carbocycles. The summed E-state index contributed by atoms with van der Waals surface area (Å²) in [5.74, 6) is -1.37. The lowest BCUT2D eigenvalue weighted by molar-refractivity contribution is -0.192. The normalized spacial score (nSPS) is 20.2. The fourth-order valence-corrected chi connectivity index (χ4v) is 4.80. The quantitative estimate of drug-likeness (QED) is 0.721. The van der Waals surface area contributed by atoms with Crippen LogP contribution in [-0.4, -0.2) is 75.5 Å². The van der Waals surface area contributed by atoms with Gasteiger partial charge >= 0.3 is 12.1 Å². The van der Waals surface area contributed by atoms with Crippen molar-refractivity contribution in [2.45, 2.75) is 43.4 Å². The summed E-state index contributed by atoms with van der Waals surface area (Å²) in [5, 5.41) is 11.5. The van der Waals surface area contributed by atoms with Crippen molar-refractivity contribution < 1.29 is 32.6 Å². The zero-order chi connectivity index (χ0) is 25.1. The number of piperidine rings is 1. The summed E-state index contributed by atoms with van der Waals surface area (Å²) in [5.41, 5.74) is 2.42. The molecule has 2 fully saturated rings. The number of methoxy groups -OCH3 is 1. The molecule has 2 aliphatic rings. The highest BCUT2D eigenvalue weighted by Crippen LogP contribution is 2.48. The first-order valence-electron chi connectivity index (χ1n) is 10.9. The van der Waals surface area contributed by atoms with Crippen molar-refractivity contribution in [3.8, 4) is 5.75 Å². The van der Waals surface area contributed by atoms with Crippen molar-refractivity contribution in [1.29, 1.82) is 0 Å². The molecule has 0 aliphatic carbocycles. The summed E-state index contributed by atoms with van der Waals surface area (Å²) in [4.78, 5) is 26.0. The molecule has 2 saturated heterocycles. The van der Waals surface area contributed by atoms with Crippen LogP contribution in [0.5, 0.6) is 5.75 Å². The number of likely N-dealkylation sites (tertiary alicyclic amines) is 2. The molecule has 1 atom stereocenters. The summed E-state index contributed by atoms with van der Waals surface area (Å²) in [6, 6.07) is 8.30. The monoisotopic (exact) mass is 482 g/mol. The fraction of sp³-hybridized carbons (Fsp3) is 0.522. The van der Waals surface area contributed by atoms with Crippen LogP contribution in [0.25, 0.3) is 0 Å². The van der Waals surface area contributed by atoms with E-state index in [0.29, 0.717) is 6.42 Å². The summed E-state index contributed by atoms with van der Waals surface area (Å²) < 4.78 is 38.8. The van der Waals surface area contributed by atoms with Crippen LogP contribution >= 0.6 is 0 Å². The first kappa shape index (κ1) is 25.5. The number of carboxylic acid groups (broad SMARTS) is 1. The Morgan fingerprint density at radius 1 is 1.21 bits per heavy atom. The second-order valence-corrected chi connectivity index (χ2v) is 8.69. The molecule has 1 amide bonds. The maximum atomic E-state index is 12.5. The molecule has 1 spiro atoms. The third-order valence-corrected chi connectivity index (χ3v) is 6.73. The number of likely N-dealkylation sites (N-methyl/N-ethyl adjacent to an activating group) is 1. The highest BCUT2D eigenvalue weighted by atomic mass is 19.4. The molecule has 0 bridgehead atoms. The number of rotatable bonds is 4. The van der Waals surface area contributed by atoms with Gasteiger partial charge < -0.3 is 14.7 Å². The summed E-state index contributed by atoms with van der Waals surface area (Å²) in [7, 11) is 5.61. The number of ether oxygens (including phenoxy) is 1. The van der Waals surface area contributed by atoms with E-state index in [1.54, 1.807) is 7.11 Å². The largest absolute Gasteiger partial charge is 0.497 e. The van der Waals surface area contributed by atoms with Gasteiger partial charge in [0.05, 0.1) is 18.8 Å². The Bertz CT molecular complexity index is 998. The number of nitrogens with zero attached hydrogens (tertiary/aromatic N) is 4. The van der Waals surface area contributed by atoms with Gasteiger partial charge in [-0.05, 0) is 36.1 Å². The van der Waals surface area contributed by atoms with Crippen LogP contribution in [0.15, 0.2) is 36.7 Å². The molecule has 0 saturated carbocycles. The second kappa shape index (κ2) is 10.0. The van der Waals surface area contributed by atoms with Crippen LogP contribution in [-0.2, 0) is 23.2 Å². The lowest BCUT2D eigenvalue weighted by Crippen LogP contribution is -2.53. The van der Waals surface area contributed by atoms with Crippen LogP contribution in [0.3, 0.4) is 0 Å². The fourth-order valence-electron chi connectivity index (χ4n) is 4.80. The number of carbonyl (C=O) groups is 2. The predicted molar refractivity (Wildman–Crippen MR) is 117 cm³/mol. The van der Waals surface area contributed by atoms with Crippen molar-refractivity contribution in [2.75, 3.05) is 27.2 Å². The van der Waals surface area contributed by atoms with Gasteiger partial charge in [0.15, 0.2) is 0 Å². The van der Waals surface area contributed by atoms with Gasteiger partial charge in [-0.2, -0.15) is 18.3 Å². The van der Waals surface area contributed by atoms with E-state index in [-0.39, 0.29) is 17.4 Å². The SMILES string of the molecule is COc1ccc(CN2CCC3(CC2)C(c2cnn(C)c2)CC(=O)N3C)cc1.O=C(O)C(F)(F)F. The number of aliphatic carboxylic acids is 1. The molecule has 186 valence electrons. The van der Waals surface area contributed by atoms with Crippen LogP contribution in [0.4, 0.5) is 13.2 Å². The van der Waals surface area contributed by atoms with Gasteiger partial charge in [0, 0.05) is 52.3 Å². The van der Waals surface area contributed by atoms with E-state index in [0.717, 1.165) is 38.2 Å². The van der Waals surface area contributed by atoms with Crippen LogP contribution < -0.4 is 4.74 Å². The number of carboxylic acids is 1. The van der Waals surface area contributed by atoms with Crippen molar-refractivity contribution in [3.05, 3.63) is 47.8 Å². The van der Waals surface area contributed by atoms with Gasteiger partial charge in [0.2, 0.25) is 5.91 Å². The molecular weight excluding hydrogens is 453 g/mol. The minimum absolute atomic E-state index is 0.0729. The number of amides is 1. The summed E-state index contributed by atoms with van der Waals surface area (Å²) >= 11 is 0. The Kier molecular flexibility index (Phi) is 7.54. The van der Waals surface area contributed by atoms with Gasteiger partial charge in [-0.1, -0.05) is 12.1 Å². The van der Waals surface area contributed by atoms with E-state index in [2.05, 4.69) is 28.3 Å². The van der Waals surface area contributed by atoms with Gasteiger partial charge in [-0.3, -0.25) is 14.4 Å². The van der Waals surface area contributed by atoms with E-state index in [1.165, 1.54) is 11.1 Å². The highest BCUT2D eigenvalue weighted by molar-refractivity contribution is 5.81. The Labute approximate surface area is 195 Å². The third kappa shape index (κ3) is 5.52. The number of hydrogen-bond donors (Lipinski definition) is 1. The molecule has 1 N–H and O–H groups in total. The van der Waals surface area contributed by atoms with E-state index in [9.17, 15) is 18.0 Å². The van der Waals surface area contributed by atoms with Gasteiger partial charge in [0.1, 0.15) is 5.75 Å². The van der Waals surface area contributed by atoms with Crippen molar-refractivity contribution in [1.82, 2.24) is 19.6 Å². The Morgan fingerprint density at radius 3 is 2.26 bits per heavy atom. The number of aryl methyl sites for hydroxylation is 1. The molecule has 11 heteroatoms. The van der Waals surface area contributed by atoms with E-state index < -0.39 is 12.1 Å². The lowest BCUT2D eigenvalue weighted by atomic mass is 9.74. The Hall–Kier alpha value is -3.08. The predicted octanol–water partition coefficient (Wildman–Crippen LogP) is 3.04. The molecule has 1 aromatic heterocycles. The third-order valence-electron chi connectivity index (χ3n) is 6.73. The second-order valence-electron chi connectivity index (χ2n) is 8.69.